The zero-order valence-electron chi connectivity index (χ0n) is 20.2. The molecule has 1 unspecified atom stereocenters. The van der Waals surface area contributed by atoms with Gasteiger partial charge >= 0.3 is 0 Å². The Morgan fingerprint density at radius 3 is 2.72 bits per heavy atom. The van der Waals surface area contributed by atoms with Gasteiger partial charge in [-0.15, -0.1) is 0 Å². The van der Waals surface area contributed by atoms with Crippen LogP contribution in [0, 0.1) is 12.4 Å². The van der Waals surface area contributed by atoms with Gasteiger partial charge < -0.3 is 20.3 Å². The monoisotopic (exact) mass is 486 g/mol. The maximum atomic E-state index is 13.8. The Kier molecular flexibility index (Phi) is 6.24. The highest BCUT2D eigenvalue weighted by molar-refractivity contribution is 5.96. The average molecular weight is 487 g/mol. The van der Waals surface area contributed by atoms with Crippen molar-refractivity contribution in [1.29, 1.82) is 0 Å². The molecular weight excluding hydrogens is 459 g/mol. The first-order valence-corrected chi connectivity index (χ1v) is 12.0. The number of hydrogen-bond acceptors (Lipinski definition) is 7. The Balaban J connectivity index is 1.34. The minimum atomic E-state index is -0.562. The van der Waals surface area contributed by atoms with Crippen LogP contribution in [-0.4, -0.2) is 48.7 Å². The van der Waals surface area contributed by atoms with E-state index in [2.05, 4.69) is 40.0 Å². The van der Waals surface area contributed by atoms with Gasteiger partial charge in [-0.1, -0.05) is 13.0 Å². The van der Waals surface area contributed by atoms with E-state index in [0.29, 0.717) is 28.2 Å². The van der Waals surface area contributed by atoms with Crippen molar-refractivity contribution in [3.05, 3.63) is 65.8 Å². The molecule has 0 aromatic carbocycles. The third-order valence-corrected chi connectivity index (χ3v) is 6.94. The van der Waals surface area contributed by atoms with E-state index in [9.17, 15) is 9.50 Å². The third kappa shape index (κ3) is 4.57. The molecule has 10 heteroatoms. The highest BCUT2D eigenvalue weighted by Crippen LogP contribution is 2.34. The zero-order valence-corrected chi connectivity index (χ0v) is 20.2. The molecule has 0 aliphatic carbocycles. The summed E-state index contributed by atoms with van der Waals surface area (Å²) in [7, 11) is 0. The first-order chi connectivity index (χ1) is 17.4. The van der Waals surface area contributed by atoms with Gasteiger partial charge in [-0.25, -0.2) is 29.2 Å². The van der Waals surface area contributed by atoms with E-state index >= 15 is 0 Å². The molecule has 3 N–H and O–H groups in total. The van der Waals surface area contributed by atoms with Crippen LogP contribution in [0.3, 0.4) is 0 Å². The zero-order chi connectivity index (χ0) is 25.3. The lowest BCUT2D eigenvalue weighted by atomic mass is 9.89. The summed E-state index contributed by atoms with van der Waals surface area (Å²) < 4.78 is 13.8. The summed E-state index contributed by atoms with van der Waals surface area (Å²) in [5.41, 5.74) is 2.17. The van der Waals surface area contributed by atoms with Gasteiger partial charge in [0.25, 0.3) is 0 Å². The minimum absolute atomic E-state index is 0.146. The summed E-state index contributed by atoms with van der Waals surface area (Å²) >= 11 is 0. The number of anilines is 2. The maximum Gasteiger partial charge on any atom is 0.231 e. The summed E-state index contributed by atoms with van der Waals surface area (Å²) in [6.07, 6.45) is 8.36. The number of piperidine rings is 1. The fourth-order valence-electron chi connectivity index (χ4n) is 4.52. The average Bonchev–Trinajstić information content (AvgIpc) is 3.32. The highest BCUT2D eigenvalue weighted by atomic mass is 19.1. The number of nitrogens with zero attached hydrogens (tertiary/aromatic N) is 6. The number of hydrogen-bond donors (Lipinski definition) is 3. The predicted octanol–water partition coefficient (Wildman–Crippen LogP) is 5.02. The van der Waals surface area contributed by atoms with E-state index in [1.807, 2.05) is 32.2 Å². The summed E-state index contributed by atoms with van der Waals surface area (Å²) in [6, 6.07) is 5.24. The first kappa shape index (κ1) is 23.6. The summed E-state index contributed by atoms with van der Waals surface area (Å²) in [5, 5.41) is 14.3. The molecule has 0 amide bonds. The van der Waals surface area contributed by atoms with Crippen LogP contribution < -0.4 is 10.2 Å². The fraction of sp³-hybridized carbons (Fsp3) is 0.346. The normalized spacial score (nSPS) is 16.0. The Hall–Kier alpha value is -4.10. The van der Waals surface area contributed by atoms with Crippen LogP contribution in [0.4, 0.5) is 21.8 Å². The molecule has 9 nitrogen and oxygen atoms in total. The standard InChI is InChI=1S/C26H27FN8O/c1-4-26(36)7-9-35(10-8-26)22-6-5-17(12-29-22)16(2)33-25-32-15-21(28-3)23(34-25)20-14-31-24-19(20)11-18(27)13-30-24/h5-6,11-16,36H,4,7-10H2,1-2H3,(H,30,31)(H,32,33,34). The van der Waals surface area contributed by atoms with Crippen LogP contribution in [0.2, 0.25) is 0 Å². The number of aromatic nitrogens is 5. The summed E-state index contributed by atoms with van der Waals surface area (Å²) in [4.78, 5) is 26.3. The van der Waals surface area contributed by atoms with Gasteiger partial charge in [-0.3, -0.25) is 0 Å². The number of fused-ring (bicyclic) bond motifs is 1. The molecule has 0 saturated carbocycles. The summed E-state index contributed by atoms with van der Waals surface area (Å²) in [5.74, 6) is 0.780. The maximum absolute atomic E-state index is 13.8. The minimum Gasteiger partial charge on any atom is -0.390 e. The molecule has 1 fully saturated rings. The Bertz CT molecular complexity index is 1420. The van der Waals surface area contributed by atoms with Crippen LogP contribution in [0.25, 0.3) is 27.1 Å². The van der Waals surface area contributed by atoms with Crippen LogP contribution in [0.5, 0.6) is 0 Å². The van der Waals surface area contributed by atoms with Crippen molar-refractivity contribution in [3.63, 3.8) is 0 Å². The number of aromatic amines is 1. The molecule has 1 saturated heterocycles. The van der Waals surface area contributed by atoms with E-state index in [1.54, 1.807) is 6.20 Å². The molecule has 184 valence electrons. The Morgan fingerprint density at radius 1 is 1.22 bits per heavy atom. The number of rotatable bonds is 6. The first-order valence-electron chi connectivity index (χ1n) is 12.0. The van der Waals surface area contributed by atoms with E-state index in [0.717, 1.165) is 49.9 Å². The van der Waals surface area contributed by atoms with Crippen LogP contribution >= 0.6 is 0 Å². The molecule has 1 aliphatic rings. The van der Waals surface area contributed by atoms with Gasteiger partial charge in [0.1, 0.15) is 17.3 Å². The molecule has 36 heavy (non-hydrogen) atoms. The largest absolute Gasteiger partial charge is 0.390 e. The molecular formula is C26H27FN8O. The van der Waals surface area contributed by atoms with Crippen molar-refractivity contribution in [3.8, 4) is 11.3 Å². The Labute approximate surface area is 208 Å². The van der Waals surface area contributed by atoms with Crippen molar-refractivity contribution in [2.45, 2.75) is 44.8 Å². The number of H-pyrrole nitrogens is 1. The SMILES string of the molecule is [C-]#[N+]c1cnc(NC(C)c2ccc(N3CCC(O)(CC)CC3)nc2)nc1-c1c[nH]c2ncc(F)cc12. The lowest BCUT2D eigenvalue weighted by Crippen LogP contribution is -2.44. The van der Waals surface area contributed by atoms with E-state index in [1.165, 1.54) is 12.3 Å². The highest BCUT2D eigenvalue weighted by Gasteiger charge is 2.30. The fourth-order valence-corrected chi connectivity index (χ4v) is 4.52. The second-order valence-corrected chi connectivity index (χ2v) is 9.17. The molecule has 0 bridgehead atoms. The van der Waals surface area contributed by atoms with Crippen LogP contribution in [0.1, 0.15) is 44.7 Å². The second-order valence-electron chi connectivity index (χ2n) is 9.17. The quantitative estimate of drug-likeness (QED) is 0.329. The molecule has 1 aliphatic heterocycles. The van der Waals surface area contributed by atoms with Crippen LogP contribution in [0.15, 0.2) is 43.0 Å². The van der Waals surface area contributed by atoms with Gasteiger partial charge in [0, 0.05) is 42.6 Å². The predicted molar refractivity (Wildman–Crippen MR) is 136 cm³/mol. The molecule has 1 atom stereocenters. The van der Waals surface area contributed by atoms with E-state index in [-0.39, 0.29) is 11.7 Å². The number of aliphatic hydroxyl groups is 1. The van der Waals surface area contributed by atoms with Crippen molar-refractivity contribution in [1.82, 2.24) is 24.9 Å². The number of pyridine rings is 2. The van der Waals surface area contributed by atoms with Crippen LogP contribution in [-0.2, 0) is 0 Å². The van der Waals surface area contributed by atoms with Gasteiger partial charge in [0.2, 0.25) is 11.6 Å². The van der Waals surface area contributed by atoms with E-state index < -0.39 is 11.4 Å². The molecule has 0 radical (unpaired) electrons. The topological polar surface area (TPSA) is 107 Å². The van der Waals surface area contributed by atoms with Crippen molar-refractivity contribution in [2.24, 2.45) is 0 Å². The lowest BCUT2D eigenvalue weighted by Gasteiger charge is -2.38. The second kappa shape index (κ2) is 9.51. The van der Waals surface area contributed by atoms with Gasteiger partial charge in [0.15, 0.2) is 0 Å². The molecule has 0 spiro atoms. The number of nitrogens with one attached hydrogen (secondary N) is 2. The van der Waals surface area contributed by atoms with Crippen molar-refractivity contribution < 1.29 is 9.50 Å². The van der Waals surface area contributed by atoms with Gasteiger partial charge in [-0.05, 0) is 43.9 Å². The Morgan fingerprint density at radius 2 is 2.03 bits per heavy atom. The number of halogens is 1. The van der Waals surface area contributed by atoms with Crippen molar-refractivity contribution >= 4 is 28.5 Å². The molecule has 5 rings (SSSR count). The smallest absolute Gasteiger partial charge is 0.231 e. The molecule has 4 aromatic rings. The molecule has 5 heterocycles. The molecule has 4 aromatic heterocycles. The third-order valence-electron chi connectivity index (χ3n) is 6.94. The lowest BCUT2D eigenvalue weighted by molar-refractivity contribution is 0.0125. The van der Waals surface area contributed by atoms with Gasteiger partial charge in [-0.2, -0.15) is 0 Å². The summed E-state index contributed by atoms with van der Waals surface area (Å²) in [6.45, 7) is 13.1. The van der Waals surface area contributed by atoms with Gasteiger partial charge in [0.05, 0.1) is 30.1 Å². The van der Waals surface area contributed by atoms with E-state index in [4.69, 9.17) is 6.57 Å². The van der Waals surface area contributed by atoms with Crippen molar-refractivity contribution in [2.75, 3.05) is 23.3 Å².